The molecule has 2 aromatic rings. The summed E-state index contributed by atoms with van der Waals surface area (Å²) in [6.45, 7) is 2.53. The van der Waals surface area contributed by atoms with Gasteiger partial charge in [0.25, 0.3) is 5.91 Å². The van der Waals surface area contributed by atoms with E-state index in [4.69, 9.17) is 28.9 Å². The Labute approximate surface area is 150 Å². The van der Waals surface area contributed by atoms with Gasteiger partial charge in [-0.1, -0.05) is 29.3 Å². The highest BCUT2D eigenvalue weighted by Crippen LogP contribution is 2.29. The number of piperazine rings is 1. The van der Waals surface area contributed by atoms with Gasteiger partial charge in [0.05, 0.1) is 15.7 Å². The van der Waals surface area contributed by atoms with Crippen molar-refractivity contribution < 1.29 is 9.90 Å². The van der Waals surface area contributed by atoms with E-state index in [0.29, 0.717) is 31.7 Å². The number of aromatic hydroxyl groups is 1. The van der Waals surface area contributed by atoms with Crippen molar-refractivity contribution in [3.63, 3.8) is 0 Å². The molecule has 0 radical (unpaired) electrons. The third kappa shape index (κ3) is 3.37. The molecule has 0 unspecified atom stereocenters. The number of halogens is 2. The van der Waals surface area contributed by atoms with Crippen molar-refractivity contribution in [2.75, 3.05) is 36.8 Å². The Morgan fingerprint density at radius 2 is 1.67 bits per heavy atom. The minimum absolute atomic E-state index is 0.116. The van der Waals surface area contributed by atoms with E-state index in [1.165, 1.54) is 0 Å². The van der Waals surface area contributed by atoms with E-state index < -0.39 is 0 Å². The molecule has 3 N–H and O–H groups in total. The van der Waals surface area contributed by atoms with Gasteiger partial charge in [0.1, 0.15) is 5.75 Å². The van der Waals surface area contributed by atoms with Gasteiger partial charge in [-0.05, 0) is 24.3 Å². The molecule has 0 atom stereocenters. The fourth-order valence-corrected chi connectivity index (χ4v) is 3.23. The van der Waals surface area contributed by atoms with Crippen molar-refractivity contribution in [2.24, 2.45) is 0 Å². The number of phenols is 1. The van der Waals surface area contributed by atoms with E-state index in [-0.39, 0.29) is 27.4 Å². The number of nitrogens with zero attached hydrogens (tertiary/aromatic N) is 2. The summed E-state index contributed by atoms with van der Waals surface area (Å²) < 4.78 is 0. The van der Waals surface area contributed by atoms with Crippen LogP contribution in [0.2, 0.25) is 10.0 Å². The fourth-order valence-electron chi connectivity index (χ4n) is 2.75. The van der Waals surface area contributed by atoms with Gasteiger partial charge >= 0.3 is 0 Å². The van der Waals surface area contributed by atoms with E-state index >= 15 is 0 Å². The number of phenolic OH excluding ortho intramolecular Hbond substituents is 1. The van der Waals surface area contributed by atoms with Crippen LogP contribution in [-0.2, 0) is 0 Å². The molecule has 24 heavy (non-hydrogen) atoms. The summed E-state index contributed by atoms with van der Waals surface area (Å²) in [6, 6.07) is 10.2. The van der Waals surface area contributed by atoms with E-state index in [2.05, 4.69) is 4.90 Å². The van der Waals surface area contributed by atoms with E-state index in [0.717, 1.165) is 5.69 Å². The lowest BCUT2D eigenvalue weighted by molar-refractivity contribution is 0.0747. The van der Waals surface area contributed by atoms with Gasteiger partial charge in [-0.15, -0.1) is 0 Å². The Kier molecular flexibility index (Phi) is 4.73. The maximum absolute atomic E-state index is 12.6. The van der Waals surface area contributed by atoms with Crippen molar-refractivity contribution in [1.29, 1.82) is 0 Å². The molecule has 1 heterocycles. The first-order chi connectivity index (χ1) is 11.5. The molecule has 1 aliphatic rings. The highest BCUT2D eigenvalue weighted by atomic mass is 35.5. The molecule has 1 saturated heterocycles. The van der Waals surface area contributed by atoms with Crippen LogP contribution in [0.25, 0.3) is 0 Å². The van der Waals surface area contributed by atoms with E-state index in [1.807, 2.05) is 6.07 Å². The largest absolute Gasteiger partial charge is 0.508 e. The number of benzene rings is 2. The zero-order chi connectivity index (χ0) is 17.3. The summed E-state index contributed by atoms with van der Waals surface area (Å²) in [5.41, 5.74) is 7.37. The Morgan fingerprint density at radius 3 is 2.25 bits per heavy atom. The van der Waals surface area contributed by atoms with Crippen LogP contribution >= 0.6 is 23.2 Å². The molecule has 7 heteroatoms. The Balaban J connectivity index is 1.69. The third-order valence-electron chi connectivity index (χ3n) is 4.09. The van der Waals surface area contributed by atoms with Gasteiger partial charge < -0.3 is 20.6 Å². The summed E-state index contributed by atoms with van der Waals surface area (Å²) in [5, 5.41) is 10.1. The van der Waals surface area contributed by atoms with Gasteiger partial charge in [0.2, 0.25) is 0 Å². The van der Waals surface area contributed by atoms with E-state index in [9.17, 15) is 9.90 Å². The molecule has 0 saturated carbocycles. The molecule has 126 valence electrons. The second-order valence-electron chi connectivity index (χ2n) is 5.65. The fraction of sp³-hybridized carbons (Fsp3) is 0.235. The highest BCUT2D eigenvalue weighted by Gasteiger charge is 2.23. The standard InChI is InChI=1S/C17H17Cl2N3O2/c18-14-8-11(9-15(19)16(14)20)17(24)22-6-4-21(5-7-22)12-2-1-3-13(23)10-12/h1-3,8-10,23H,4-7,20H2. The number of rotatable bonds is 2. The lowest BCUT2D eigenvalue weighted by Gasteiger charge is -2.36. The molecule has 5 nitrogen and oxygen atoms in total. The van der Waals surface area contributed by atoms with Crippen LogP contribution in [0.15, 0.2) is 36.4 Å². The molecule has 0 spiro atoms. The molecule has 0 aromatic heterocycles. The maximum Gasteiger partial charge on any atom is 0.254 e. The SMILES string of the molecule is Nc1c(Cl)cc(C(=O)N2CCN(c3cccc(O)c3)CC2)cc1Cl. The molecule has 2 aromatic carbocycles. The number of carbonyl (C=O) groups is 1. The van der Waals surface area contributed by atoms with Crippen LogP contribution in [-0.4, -0.2) is 42.1 Å². The Bertz CT molecular complexity index is 751. The Hall–Kier alpha value is -2.11. The van der Waals surface area contributed by atoms with Gasteiger partial charge in [-0.3, -0.25) is 4.79 Å². The monoisotopic (exact) mass is 365 g/mol. The zero-order valence-electron chi connectivity index (χ0n) is 12.9. The van der Waals surface area contributed by atoms with Gasteiger partial charge in [0, 0.05) is 43.5 Å². The first-order valence-corrected chi connectivity index (χ1v) is 8.29. The summed E-state index contributed by atoms with van der Waals surface area (Å²) >= 11 is 12.0. The lowest BCUT2D eigenvalue weighted by Crippen LogP contribution is -2.48. The number of amides is 1. The molecule has 0 bridgehead atoms. The normalized spacial score (nSPS) is 14.8. The number of hydrogen-bond donors (Lipinski definition) is 2. The molecule has 0 aliphatic carbocycles. The first-order valence-electron chi connectivity index (χ1n) is 7.53. The average molecular weight is 366 g/mol. The van der Waals surface area contributed by atoms with Crippen LogP contribution < -0.4 is 10.6 Å². The second-order valence-corrected chi connectivity index (χ2v) is 6.47. The average Bonchev–Trinajstić information content (AvgIpc) is 2.59. The minimum atomic E-state index is -0.116. The Morgan fingerprint density at radius 1 is 1.04 bits per heavy atom. The predicted octanol–water partition coefficient (Wildman–Crippen LogP) is 3.24. The lowest BCUT2D eigenvalue weighted by atomic mass is 10.1. The quantitative estimate of drug-likeness (QED) is 0.801. The van der Waals surface area contributed by atoms with Gasteiger partial charge in [-0.2, -0.15) is 0 Å². The van der Waals surface area contributed by atoms with Crippen LogP contribution in [0.4, 0.5) is 11.4 Å². The summed E-state index contributed by atoms with van der Waals surface area (Å²) in [7, 11) is 0. The number of hydrogen-bond acceptors (Lipinski definition) is 4. The molecular weight excluding hydrogens is 349 g/mol. The summed E-state index contributed by atoms with van der Waals surface area (Å²) in [5.74, 6) is 0.117. The molecule has 3 rings (SSSR count). The van der Waals surface area contributed by atoms with Gasteiger partial charge in [0.15, 0.2) is 0 Å². The smallest absolute Gasteiger partial charge is 0.254 e. The highest BCUT2D eigenvalue weighted by molar-refractivity contribution is 6.39. The second kappa shape index (κ2) is 6.79. The molecular formula is C17H17Cl2N3O2. The third-order valence-corrected chi connectivity index (χ3v) is 4.71. The summed E-state index contributed by atoms with van der Waals surface area (Å²) in [4.78, 5) is 16.5. The number of carbonyl (C=O) groups excluding carboxylic acids is 1. The topological polar surface area (TPSA) is 69.8 Å². The number of nitrogens with two attached hydrogens (primary N) is 1. The van der Waals surface area contributed by atoms with E-state index in [1.54, 1.807) is 35.2 Å². The van der Waals surface area contributed by atoms with Crippen molar-refractivity contribution in [3.8, 4) is 5.75 Å². The molecule has 1 aliphatic heterocycles. The van der Waals surface area contributed by atoms with Crippen LogP contribution in [0.3, 0.4) is 0 Å². The minimum Gasteiger partial charge on any atom is -0.508 e. The summed E-state index contributed by atoms with van der Waals surface area (Å²) in [6.07, 6.45) is 0. The van der Waals surface area contributed by atoms with Crippen LogP contribution in [0.1, 0.15) is 10.4 Å². The molecule has 1 amide bonds. The zero-order valence-corrected chi connectivity index (χ0v) is 14.4. The first kappa shape index (κ1) is 16.7. The van der Waals surface area contributed by atoms with Crippen molar-refractivity contribution >= 4 is 40.5 Å². The number of nitrogen functional groups attached to an aromatic ring is 1. The predicted molar refractivity (Wildman–Crippen MR) is 97.1 cm³/mol. The van der Waals surface area contributed by atoms with Crippen molar-refractivity contribution in [2.45, 2.75) is 0 Å². The van der Waals surface area contributed by atoms with Crippen LogP contribution in [0, 0.1) is 0 Å². The van der Waals surface area contributed by atoms with Crippen molar-refractivity contribution in [1.82, 2.24) is 4.90 Å². The maximum atomic E-state index is 12.6. The van der Waals surface area contributed by atoms with Crippen LogP contribution in [0.5, 0.6) is 5.75 Å². The molecule has 1 fully saturated rings. The number of anilines is 2. The van der Waals surface area contributed by atoms with Gasteiger partial charge in [-0.25, -0.2) is 0 Å². The van der Waals surface area contributed by atoms with Crippen molar-refractivity contribution in [3.05, 3.63) is 52.0 Å².